The number of rotatable bonds is 28. The van der Waals surface area contributed by atoms with Crippen molar-refractivity contribution in [1.29, 1.82) is 0 Å². The highest BCUT2D eigenvalue weighted by atomic mass is 16.6. The van der Waals surface area contributed by atoms with Crippen molar-refractivity contribution < 1.29 is 47.6 Å². The smallest absolute Gasteiger partial charge is 0.311 e. The van der Waals surface area contributed by atoms with Gasteiger partial charge in [0.25, 0.3) is 0 Å². The maximum absolute atomic E-state index is 13.9. The molecule has 10 nitrogen and oxygen atoms in total. The molecule has 0 saturated carbocycles. The highest BCUT2D eigenvalue weighted by molar-refractivity contribution is 6.04. The molecule has 10 heteroatoms. The standard InChI is InChI=1S/C52H68O10/c1-7-13-17-21-31-39(53)59-49-35-27-25-29-37(57-11-5)43(35)51(61-41(55)33-23-19-15-9-3)47-45(49)46-48(47)52(62-42(56)34-24-20-16-10-4)44-36(28-26-30-38(44)58-12-6)50(46)60-40(54)32-22-18-14-8-2/h25-30H,7-24,31-34H2,1-6H3. The molecule has 336 valence electrons. The van der Waals surface area contributed by atoms with E-state index in [1.165, 1.54) is 0 Å². The van der Waals surface area contributed by atoms with Crippen molar-refractivity contribution in [3.05, 3.63) is 57.3 Å². The highest BCUT2D eigenvalue weighted by Crippen LogP contribution is 2.50. The van der Waals surface area contributed by atoms with Crippen molar-refractivity contribution in [2.45, 2.75) is 170 Å². The number of hydrogen-bond donors (Lipinski definition) is 0. The largest absolute Gasteiger partial charge is 0.493 e. The van der Waals surface area contributed by atoms with Gasteiger partial charge in [-0.2, -0.15) is 0 Å². The third-order valence-electron chi connectivity index (χ3n) is 11.3. The van der Waals surface area contributed by atoms with E-state index in [0.29, 0.717) is 92.8 Å². The van der Waals surface area contributed by atoms with Crippen molar-refractivity contribution in [2.75, 3.05) is 13.2 Å². The van der Waals surface area contributed by atoms with E-state index >= 15 is 0 Å². The van der Waals surface area contributed by atoms with Gasteiger partial charge < -0.3 is 28.4 Å². The van der Waals surface area contributed by atoms with E-state index in [2.05, 4.69) is 27.7 Å². The first-order chi connectivity index (χ1) is 30.2. The summed E-state index contributed by atoms with van der Waals surface area (Å²) in [7, 11) is 0. The zero-order valence-corrected chi connectivity index (χ0v) is 38.1. The molecule has 5 rings (SSSR count). The number of benzene rings is 4. The van der Waals surface area contributed by atoms with E-state index in [1.54, 1.807) is 12.1 Å². The van der Waals surface area contributed by atoms with Crippen molar-refractivity contribution in [2.24, 2.45) is 0 Å². The number of carbonyl (C=O) groups is 4. The normalized spacial score (nSPS) is 11.5. The molecule has 0 aliphatic heterocycles. The van der Waals surface area contributed by atoms with Crippen LogP contribution < -0.4 is 28.4 Å². The first-order valence-electron chi connectivity index (χ1n) is 23.6. The average molecular weight is 853 g/mol. The molecule has 4 aromatic carbocycles. The van der Waals surface area contributed by atoms with Gasteiger partial charge in [-0.3, -0.25) is 19.2 Å². The van der Waals surface area contributed by atoms with Gasteiger partial charge in [-0.05, 0) is 51.7 Å². The predicted molar refractivity (Wildman–Crippen MR) is 243 cm³/mol. The zero-order valence-electron chi connectivity index (χ0n) is 38.1. The van der Waals surface area contributed by atoms with Crippen LogP contribution >= 0.6 is 0 Å². The maximum atomic E-state index is 13.9. The van der Waals surface area contributed by atoms with Gasteiger partial charge in [0.05, 0.1) is 24.0 Å². The van der Waals surface area contributed by atoms with Gasteiger partial charge in [0, 0.05) is 57.3 Å². The molecular weight excluding hydrogens is 785 g/mol. The van der Waals surface area contributed by atoms with Gasteiger partial charge in [-0.15, -0.1) is 0 Å². The number of unbranched alkanes of at least 4 members (excludes halogenated alkanes) is 12. The minimum atomic E-state index is -0.436. The van der Waals surface area contributed by atoms with Gasteiger partial charge in [0.1, 0.15) is 23.0 Å². The Balaban J connectivity index is 1.94. The Hall–Kier alpha value is -5.12. The predicted octanol–water partition coefficient (Wildman–Crippen LogP) is 13.2. The SMILES string of the molecule is CCCCCCC(=O)Oc1c2c(c(OC(=O)CCCCCC)c3c(OCC)cccc13)=c1c(OC(=O)CCCCCC)c3c(OCC)cccc3c(OC(=O)CCCCCC)c1=2. The molecule has 0 unspecified atom stereocenters. The first-order valence-corrected chi connectivity index (χ1v) is 23.6. The Morgan fingerprint density at radius 3 is 0.952 bits per heavy atom. The van der Waals surface area contributed by atoms with Gasteiger partial charge in [0.2, 0.25) is 0 Å². The fourth-order valence-corrected chi connectivity index (χ4v) is 8.19. The molecule has 0 fully saturated rings. The second-order valence-corrected chi connectivity index (χ2v) is 16.2. The van der Waals surface area contributed by atoms with Crippen molar-refractivity contribution in [3.63, 3.8) is 0 Å². The molecule has 4 aromatic rings. The first kappa shape index (κ1) is 47.9. The lowest BCUT2D eigenvalue weighted by atomic mass is 9.90. The molecular formula is C52H68O10. The molecule has 0 amide bonds. The van der Waals surface area contributed by atoms with E-state index in [4.69, 9.17) is 28.4 Å². The van der Waals surface area contributed by atoms with E-state index in [1.807, 2.05) is 38.1 Å². The fraction of sp³-hybridized carbons (Fsp3) is 0.538. The molecule has 1 aliphatic carbocycles. The van der Waals surface area contributed by atoms with Crippen LogP contribution in [0.1, 0.15) is 170 Å². The van der Waals surface area contributed by atoms with Crippen LogP contribution in [0.15, 0.2) is 36.4 Å². The summed E-state index contributed by atoms with van der Waals surface area (Å²) >= 11 is 0. The van der Waals surface area contributed by atoms with Crippen LogP contribution in [0.3, 0.4) is 0 Å². The summed E-state index contributed by atoms with van der Waals surface area (Å²) in [5, 5.41) is 3.52. The Bertz CT molecular complexity index is 2220. The molecule has 0 radical (unpaired) electrons. The molecule has 0 spiro atoms. The second kappa shape index (κ2) is 24.5. The Morgan fingerprint density at radius 2 is 0.661 bits per heavy atom. The van der Waals surface area contributed by atoms with Crippen molar-refractivity contribution in [1.82, 2.24) is 0 Å². The number of ether oxygens (including phenoxy) is 6. The molecule has 1 aliphatic rings. The number of hydrogen-bond acceptors (Lipinski definition) is 10. The minimum absolute atomic E-state index is 0.182. The summed E-state index contributed by atoms with van der Waals surface area (Å²) in [5.74, 6) is -0.0162. The zero-order chi connectivity index (χ0) is 44.4. The minimum Gasteiger partial charge on any atom is -0.493 e. The van der Waals surface area contributed by atoms with Crippen LogP contribution in [0.5, 0.6) is 34.5 Å². The quantitative estimate of drug-likeness (QED) is 0.0273. The molecule has 0 N–H and O–H groups in total. The molecule has 62 heavy (non-hydrogen) atoms. The van der Waals surface area contributed by atoms with E-state index in [-0.39, 0.29) is 48.7 Å². The van der Waals surface area contributed by atoms with Gasteiger partial charge in [-0.1, -0.05) is 129 Å². The number of carbonyl (C=O) groups excluding carboxylic acids is 4. The molecule has 0 atom stereocenters. The van der Waals surface area contributed by atoms with E-state index < -0.39 is 23.9 Å². The topological polar surface area (TPSA) is 124 Å². The third kappa shape index (κ3) is 11.7. The monoisotopic (exact) mass is 852 g/mol. The van der Waals surface area contributed by atoms with E-state index in [9.17, 15) is 19.2 Å². The summed E-state index contributed by atoms with van der Waals surface area (Å²) in [6.45, 7) is 12.8. The van der Waals surface area contributed by atoms with E-state index in [0.717, 1.165) is 77.0 Å². The lowest BCUT2D eigenvalue weighted by Crippen LogP contribution is -2.16. The molecule has 0 heterocycles. The third-order valence-corrected chi connectivity index (χ3v) is 11.3. The molecule has 0 aromatic heterocycles. The van der Waals surface area contributed by atoms with Crippen LogP contribution in [-0.2, 0) is 19.2 Å². The summed E-state index contributed by atoms with van der Waals surface area (Å²) in [6.07, 6.45) is 15.0. The highest BCUT2D eigenvalue weighted by Gasteiger charge is 2.32. The van der Waals surface area contributed by atoms with Crippen LogP contribution in [0.4, 0.5) is 0 Å². The van der Waals surface area contributed by atoms with Gasteiger partial charge >= 0.3 is 23.9 Å². The lowest BCUT2D eigenvalue weighted by Gasteiger charge is -2.24. The van der Waals surface area contributed by atoms with Crippen LogP contribution in [0.2, 0.25) is 0 Å². The van der Waals surface area contributed by atoms with Crippen LogP contribution in [0, 0.1) is 20.9 Å². The maximum Gasteiger partial charge on any atom is 0.311 e. The Morgan fingerprint density at radius 1 is 0.371 bits per heavy atom. The molecule has 0 saturated heterocycles. The number of fused-ring (bicyclic) bond motifs is 4. The van der Waals surface area contributed by atoms with Crippen molar-refractivity contribution >= 4 is 45.4 Å². The summed E-state index contributed by atoms with van der Waals surface area (Å²) in [5.41, 5.74) is 0. The lowest BCUT2D eigenvalue weighted by molar-refractivity contribution is -0.135. The molecule has 0 bridgehead atoms. The summed E-state index contributed by atoms with van der Waals surface area (Å²) in [4.78, 5) is 55.6. The van der Waals surface area contributed by atoms with Crippen LogP contribution in [-0.4, -0.2) is 37.1 Å². The summed E-state index contributed by atoms with van der Waals surface area (Å²) in [6, 6.07) is 10.9. The van der Waals surface area contributed by atoms with Gasteiger partial charge in [0.15, 0.2) is 11.5 Å². The summed E-state index contributed by atoms with van der Waals surface area (Å²) < 4.78 is 38.2. The fourth-order valence-electron chi connectivity index (χ4n) is 8.19. The van der Waals surface area contributed by atoms with Gasteiger partial charge in [-0.25, -0.2) is 0 Å². The Kier molecular flexibility index (Phi) is 18.9. The Labute approximate surface area is 366 Å². The van der Waals surface area contributed by atoms with Crippen molar-refractivity contribution in [3.8, 4) is 34.5 Å². The van der Waals surface area contributed by atoms with Crippen LogP contribution in [0.25, 0.3) is 21.5 Å². The number of esters is 4. The average Bonchev–Trinajstić information content (AvgIpc) is 3.25. The second-order valence-electron chi connectivity index (χ2n) is 16.2.